The largest absolute Gasteiger partial charge is 0.481 e. The summed E-state index contributed by atoms with van der Waals surface area (Å²) in [5, 5.41) is 18.3. The first-order valence-electron chi connectivity index (χ1n) is 7.07. The van der Waals surface area contributed by atoms with Gasteiger partial charge in [-0.25, -0.2) is 4.79 Å². The maximum Gasteiger partial charge on any atom is 0.315 e. The number of hydrogen-bond donors (Lipinski definition) is 3. The van der Waals surface area contributed by atoms with Crippen LogP contribution < -0.4 is 10.6 Å². The van der Waals surface area contributed by atoms with Crippen molar-refractivity contribution in [3.63, 3.8) is 0 Å². The second kappa shape index (κ2) is 8.28. The van der Waals surface area contributed by atoms with Crippen LogP contribution >= 0.6 is 0 Å². The average molecular weight is 296 g/mol. The number of nitrogens with zero attached hydrogens (tertiary/aromatic N) is 2. The number of carboxylic acids is 1. The number of carboxylic acid groups (broad SMARTS) is 1. The number of aromatic nitrogens is 2. The standard InChI is InChI=1S/C14H24N4O3/c1-10(2)4-11(5-13(19)20)6-15-14(21)16-7-12-8-17-18(3)9-12/h8-11H,4-7H2,1-3H3,(H,19,20)(H2,15,16,21)/t11-/m0/s1. The number of amides is 2. The summed E-state index contributed by atoms with van der Waals surface area (Å²) in [6, 6.07) is -0.294. The fourth-order valence-electron chi connectivity index (χ4n) is 2.20. The molecule has 7 nitrogen and oxygen atoms in total. The summed E-state index contributed by atoms with van der Waals surface area (Å²) in [4.78, 5) is 22.5. The van der Waals surface area contributed by atoms with Crippen LogP contribution in [-0.4, -0.2) is 33.4 Å². The Bertz CT molecular complexity index is 471. The van der Waals surface area contributed by atoms with E-state index in [4.69, 9.17) is 5.11 Å². The second-order valence-electron chi connectivity index (χ2n) is 5.68. The molecule has 0 fully saturated rings. The van der Waals surface area contributed by atoms with Crippen molar-refractivity contribution >= 4 is 12.0 Å². The molecule has 3 N–H and O–H groups in total. The van der Waals surface area contributed by atoms with Crippen LogP contribution in [0.4, 0.5) is 4.79 Å². The maximum atomic E-state index is 11.7. The second-order valence-corrected chi connectivity index (χ2v) is 5.68. The third-order valence-electron chi connectivity index (χ3n) is 3.03. The van der Waals surface area contributed by atoms with Crippen molar-refractivity contribution in [1.29, 1.82) is 0 Å². The molecular formula is C14H24N4O3. The van der Waals surface area contributed by atoms with Crippen molar-refractivity contribution in [3.8, 4) is 0 Å². The van der Waals surface area contributed by atoms with Gasteiger partial charge in [0.15, 0.2) is 0 Å². The van der Waals surface area contributed by atoms with Crippen LogP contribution in [0.3, 0.4) is 0 Å². The minimum absolute atomic E-state index is 0.0494. The van der Waals surface area contributed by atoms with Crippen LogP contribution in [0.1, 0.15) is 32.3 Å². The Morgan fingerprint density at radius 2 is 2.10 bits per heavy atom. The number of aliphatic carboxylic acids is 1. The minimum Gasteiger partial charge on any atom is -0.481 e. The molecule has 0 aliphatic heterocycles. The van der Waals surface area contributed by atoms with Crippen molar-refractivity contribution in [2.75, 3.05) is 6.54 Å². The van der Waals surface area contributed by atoms with Crippen LogP contribution in [0, 0.1) is 11.8 Å². The number of rotatable bonds is 8. The van der Waals surface area contributed by atoms with E-state index in [1.54, 1.807) is 10.9 Å². The Hall–Kier alpha value is -2.05. The number of hydrogen-bond acceptors (Lipinski definition) is 3. The SMILES string of the molecule is CC(C)C[C@H](CNC(=O)NCc1cnn(C)c1)CC(=O)O. The first-order valence-corrected chi connectivity index (χ1v) is 7.07. The lowest BCUT2D eigenvalue weighted by atomic mass is 9.94. The van der Waals surface area contributed by atoms with Crippen LogP contribution in [0.25, 0.3) is 0 Å². The van der Waals surface area contributed by atoms with Gasteiger partial charge in [-0.05, 0) is 18.3 Å². The van der Waals surface area contributed by atoms with Gasteiger partial charge in [-0.3, -0.25) is 9.48 Å². The Labute approximate surface area is 124 Å². The van der Waals surface area contributed by atoms with E-state index in [1.807, 2.05) is 27.1 Å². The van der Waals surface area contributed by atoms with Gasteiger partial charge in [0.05, 0.1) is 6.20 Å². The minimum atomic E-state index is -0.835. The third kappa shape index (κ3) is 7.34. The van der Waals surface area contributed by atoms with E-state index >= 15 is 0 Å². The molecule has 7 heteroatoms. The molecule has 1 atom stereocenters. The summed E-state index contributed by atoms with van der Waals surface area (Å²) in [5.74, 6) is -0.487. The number of carbonyl (C=O) groups is 2. The van der Waals surface area contributed by atoms with E-state index in [-0.39, 0.29) is 18.4 Å². The van der Waals surface area contributed by atoms with Gasteiger partial charge in [-0.15, -0.1) is 0 Å². The highest BCUT2D eigenvalue weighted by Gasteiger charge is 2.16. The number of nitrogens with one attached hydrogen (secondary N) is 2. The highest BCUT2D eigenvalue weighted by molar-refractivity contribution is 5.74. The van der Waals surface area contributed by atoms with Gasteiger partial charge in [-0.2, -0.15) is 5.10 Å². The van der Waals surface area contributed by atoms with Gasteiger partial charge < -0.3 is 15.7 Å². The van der Waals surface area contributed by atoms with Crippen LogP contribution in [-0.2, 0) is 18.4 Å². The van der Waals surface area contributed by atoms with Gasteiger partial charge in [0, 0.05) is 38.3 Å². The zero-order valence-electron chi connectivity index (χ0n) is 12.8. The van der Waals surface area contributed by atoms with Crippen molar-refractivity contribution in [2.24, 2.45) is 18.9 Å². The highest BCUT2D eigenvalue weighted by atomic mass is 16.4. The van der Waals surface area contributed by atoms with Crippen molar-refractivity contribution < 1.29 is 14.7 Å². The fraction of sp³-hybridized carbons (Fsp3) is 0.643. The van der Waals surface area contributed by atoms with Gasteiger partial charge in [0.2, 0.25) is 0 Å². The summed E-state index contributed by atoms with van der Waals surface area (Å²) >= 11 is 0. The molecule has 0 radical (unpaired) electrons. The smallest absolute Gasteiger partial charge is 0.315 e. The Morgan fingerprint density at radius 1 is 1.38 bits per heavy atom. The van der Waals surface area contributed by atoms with E-state index < -0.39 is 5.97 Å². The topological polar surface area (TPSA) is 96.3 Å². The van der Waals surface area contributed by atoms with Crippen molar-refractivity contribution in [2.45, 2.75) is 33.2 Å². The quantitative estimate of drug-likeness (QED) is 0.675. The highest BCUT2D eigenvalue weighted by Crippen LogP contribution is 2.14. The molecule has 1 rings (SSSR count). The number of carbonyl (C=O) groups excluding carboxylic acids is 1. The normalized spacial score (nSPS) is 12.2. The molecule has 118 valence electrons. The summed E-state index contributed by atoms with van der Waals surface area (Å²) in [7, 11) is 1.81. The predicted octanol–water partition coefficient (Wildman–Crippen LogP) is 1.36. The predicted molar refractivity (Wildman–Crippen MR) is 78.6 cm³/mol. The molecule has 0 saturated heterocycles. The average Bonchev–Trinajstić information content (AvgIpc) is 2.78. The van der Waals surface area contributed by atoms with Gasteiger partial charge in [0.25, 0.3) is 0 Å². The fourth-order valence-corrected chi connectivity index (χ4v) is 2.20. The molecule has 1 heterocycles. The summed E-state index contributed by atoms with van der Waals surface area (Å²) in [6.07, 6.45) is 4.36. The first-order chi connectivity index (χ1) is 9.86. The Balaban J connectivity index is 2.33. The lowest BCUT2D eigenvalue weighted by Gasteiger charge is -2.17. The lowest BCUT2D eigenvalue weighted by Crippen LogP contribution is -2.38. The van der Waals surface area contributed by atoms with Crippen molar-refractivity contribution in [1.82, 2.24) is 20.4 Å². The molecule has 0 spiro atoms. The molecule has 0 aromatic carbocycles. The summed E-state index contributed by atoms with van der Waals surface area (Å²) < 4.78 is 1.67. The third-order valence-corrected chi connectivity index (χ3v) is 3.03. The molecule has 0 bridgehead atoms. The van der Waals surface area contributed by atoms with Gasteiger partial charge >= 0.3 is 12.0 Å². The summed E-state index contributed by atoms with van der Waals surface area (Å²) in [5.41, 5.74) is 0.914. The van der Waals surface area contributed by atoms with E-state index in [2.05, 4.69) is 15.7 Å². The van der Waals surface area contributed by atoms with E-state index in [9.17, 15) is 9.59 Å². The molecule has 1 aromatic heterocycles. The van der Waals surface area contributed by atoms with Gasteiger partial charge in [-0.1, -0.05) is 13.8 Å². The lowest BCUT2D eigenvalue weighted by molar-refractivity contribution is -0.138. The molecule has 0 unspecified atom stereocenters. The van der Waals surface area contributed by atoms with Crippen LogP contribution in [0.5, 0.6) is 0 Å². The van der Waals surface area contributed by atoms with E-state index in [0.717, 1.165) is 12.0 Å². The first kappa shape index (κ1) is 17.0. The van der Waals surface area contributed by atoms with Crippen LogP contribution in [0.2, 0.25) is 0 Å². The number of aryl methyl sites for hydroxylation is 1. The van der Waals surface area contributed by atoms with E-state index in [1.165, 1.54) is 0 Å². The molecule has 21 heavy (non-hydrogen) atoms. The zero-order chi connectivity index (χ0) is 15.8. The molecule has 1 aromatic rings. The molecule has 0 aliphatic carbocycles. The van der Waals surface area contributed by atoms with Gasteiger partial charge in [0.1, 0.15) is 0 Å². The zero-order valence-corrected chi connectivity index (χ0v) is 12.8. The summed E-state index contributed by atoms with van der Waals surface area (Å²) in [6.45, 7) is 4.84. The molecule has 2 amide bonds. The molecule has 0 saturated carbocycles. The maximum absolute atomic E-state index is 11.7. The van der Waals surface area contributed by atoms with Crippen molar-refractivity contribution in [3.05, 3.63) is 18.0 Å². The van der Waals surface area contributed by atoms with E-state index in [0.29, 0.717) is 19.0 Å². The van der Waals surface area contributed by atoms with Crippen LogP contribution in [0.15, 0.2) is 12.4 Å². The monoisotopic (exact) mass is 296 g/mol. The Kier molecular flexibility index (Phi) is 6.71. The molecule has 0 aliphatic rings. The number of urea groups is 1. The molecular weight excluding hydrogens is 272 g/mol. The Morgan fingerprint density at radius 3 is 2.62 bits per heavy atom.